The molecule has 3 nitrogen and oxygen atoms in total. The van der Waals surface area contributed by atoms with Crippen molar-refractivity contribution < 1.29 is 14.3 Å². The first-order valence-corrected chi connectivity index (χ1v) is 6.27. The normalized spacial score (nSPS) is 12.4. The lowest BCUT2D eigenvalue weighted by molar-refractivity contribution is -0.137. The second kappa shape index (κ2) is 7.54. The Morgan fingerprint density at radius 3 is 2.83 bits per heavy atom. The lowest BCUT2D eigenvalue weighted by Crippen LogP contribution is -2.09. The van der Waals surface area contributed by atoms with Crippen molar-refractivity contribution in [3.05, 3.63) is 35.9 Å². The maximum absolute atomic E-state index is 11.2. The van der Waals surface area contributed by atoms with Gasteiger partial charge < -0.3 is 9.47 Å². The van der Waals surface area contributed by atoms with Crippen LogP contribution in [-0.2, 0) is 9.53 Å². The van der Waals surface area contributed by atoms with Gasteiger partial charge in [-0.3, -0.25) is 0 Å². The Labute approximate surface area is 108 Å². The zero-order chi connectivity index (χ0) is 13.4. The van der Waals surface area contributed by atoms with E-state index in [1.807, 2.05) is 31.2 Å². The standard InChI is InChI=1S/C15H20O3/c1-4-12(3)18-14-8-6-7-13(11-14)9-10-15(16)17-5-2/h6-12H,4-5H2,1-3H3/b10-9+. The predicted molar refractivity (Wildman–Crippen MR) is 72.5 cm³/mol. The zero-order valence-corrected chi connectivity index (χ0v) is 11.2. The van der Waals surface area contributed by atoms with E-state index in [-0.39, 0.29) is 12.1 Å². The first-order valence-electron chi connectivity index (χ1n) is 6.27. The van der Waals surface area contributed by atoms with E-state index in [2.05, 4.69) is 6.92 Å². The van der Waals surface area contributed by atoms with Gasteiger partial charge in [-0.2, -0.15) is 0 Å². The Morgan fingerprint density at radius 2 is 2.17 bits per heavy atom. The summed E-state index contributed by atoms with van der Waals surface area (Å²) in [7, 11) is 0. The van der Waals surface area contributed by atoms with Crippen LogP contribution >= 0.6 is 0 Å². The molecule has 1 aromatic rings. The molecule has 0 bridgehead atoms. The summed E-state index contributed by atoms with van der Waals surface area (Å²) in [5.74, 6) is 0.487. The summed E-state index contributed by atoms with van der Waals surface area (Å²) in [6, 6.07) is 7.64. The molecule has 1 atom stereocenters. The molecular formula is C15H20O3. The summed E-state index contributed by atoms with van der Waals surface area (Å²) in [6.45, 7) is 6.28. The lowest BCUT2D eigenvalue weighted by Gasteiger charge is -2.12. The molecule has 98 valence electrons. The van der Waals surface area contributed by atoms with E-state index >= 15 is 0 Å². The Bertz CT molecular complexity index is 410. The number of esters is 1. The van der Waals surface area contributed by atoms with E-state index in [0.29, 0.717) is 6.61 Å². The molecule has 0 saturated carbocycles. The molecule has 0 saturated heterocycles. The number of carbonyl (C=O) groups excluding carboxylic acids is 1. The van der Waals surface area contributed by atoms with Gasteiger partial charge in [0.25, 0.3) is 0 Å². The van der Waals surface area contributed by atoms with E-state index in [9.17, 15) is 4.79 Å². The molecule has 1 unspecified atom stereocenters. The average Bonchev–Trinajstić information content (AvgIpc) is 2.37. The molecule has 0 amide bonds. The van der Waals surface area contributed by atoms with Crippen LogP contribution in [-0.4, -0.2) is 18.7 Å². The van der Waals surface area contributed by atoms with Crippen LogP contribution in [0.4, 0.5) is 0 Å². The topological polar surface area (TPSA) is 35.5 Å². The minimum atomic E-state index is -0.328. The van der Waals surface area contributed by atoms with Crippen molar-refractivity contribution in [2.24, 2.45) is 0 Å². The maximum atomic E-state index is 11.2. The minimum Gasteiger partial charge on any atom is -0.491 e. The van der Waals surface area contributed by atoms with Gasteiger partial charge in [-0.15, -0.1) is 0 Å². The van der Waals surface area contributed by atoms with E-state index in [0.717, 1.165) is 17.7 Å². The Kier molecular flexibility index (Phi) is 5.98. The SMILES string of the molecule is CCOC(=O)/C=C/c1cccc(OC(C)CC)c1. The summed E-state index contributed by atoms with van der Waals surface area (Å²) < 4.78 is 10.5. The monoisotopic (exact) mass is 248 g/mol. The molecule has 3 heteroatoms. The fourth-order valence-electron chi connectivity index (χ4n) is 1.36. The van der Waals surface area contributed by atoms with E-state index in [1.165, 1.54) is 6.08 Å². The van der Waals surface area contributed by atoms with Gasteiger partial charge in [-0.1, -0.05) is 19.1 Å². The van der Waals surface area contributed by atoms with Crippen molar-refractivity contribution in [2.45, 2.75) is 33.3 Å². The molecule has 0 N–H and O–H groups in total. The summed E-state index contributed by atoms with van der Waals surface area (Å²) in [6.07, 6.45) is 4.30. The van der Waals surface area contributed by atoms with E-state index in [1.54, 1.807) is 13.0 Å². The van der Waals surface area contributed by atoms with Gasteiger partial charge in [0.2, 0.25) is 0 Å². The van der Waals surface area contributed by atoms with E-state index in [4.69, 9.17) is 9.47 Å². The largest absolute Gasteiger partial charge is 0.491 e. The fourth-order valence-corrected chi connectivity index (χ4v) is 1.36. The van der Waals surface area contributed by atoms with Crippen molar-refractivity contribution in [3.63, 3.8) is 0 Å². The molecule has 0 aromatic heterocycles. The van der Waals surface area contributed by atoms with Crippen LogP contribution in [0.2, 0.25) is 0 Å². The third kappa shape index (κ3) is 5.04. The average molecular weight is 248 g/mol. The van der Waals surface area contributed by atoms with Gasteiger partial charge in [0.15, 0.2) is 0 Å². The third-order valence-electron chi connectivity index (χ3n) is 2.47. The first-order chi connectivity index (χ1) is 8.65. The number of carbonyl (C=O) groups is 1. The number of rotatable bonds is 6. The molecule has 1 aromatic carbocycles. The summed E-state index contributed by atoms with van der Waals surface area (Å²) in [5, 5.41) is 0. The van der Waals surface area contributed by atoms with Crippen molar-refractivity contribution >= 4 is 12.0 Å². The highest BCUT2D eigenvalue weighted by atomic mass is 16.5. The molecule has 0 spiro atoms. The predicted octanol–water partition coefficient (Wildman–Crippen LogP) is 3.44. The Hall–Kier alpha value is -1.77. The van der Waals surface area contributed by atoms with E-state index < -0.39 is 0 Å². The van der Waals surface area contributed by atoms with Crippen LogP contribution < -0.4 is 4.74 Å². The van der Waals surface area contributed by atoms with Crippen LogP contribution in [0.5, 0.6) is 5.75 Å². The van der Waals surface area contributed by atoms with Gasteiger partial charge in [0.05, 0.1) is 12.7 Å². The summed E-state index contributed by atoms with van der Waals surface area (Å²) >= 11 is 0. The molecule has 0 aliphatic carbocycles. The summed E-state index contributed by atoms with van der Waals surface area (Å²) in [5.41, 5.74) is 0.920. The quantitative estimate of drug-likeness (QED) is 0.571. The van der Waals surface area contributed by atoms with Gasteiger partial charge in [0, 0.05) is 6.08 Å². The smallest absolute Gasteiger partial charge is 0.330 e. The summed E-state index contributed by atoms with van der Waals surface area (Å²) in [4.78, 5) is 11.2. The van der Waals surface area contributed by atoms with Gasteiger partial charge in [-0.25, -0.2) is 4.79 Å². The van der Waals surface area contributed by atoms with Crippen molar-refractivity contribution in [2.75, 3.05) is 6.61 Å². The zero-order valence-electron chi connectivity index (χ0n) is 11.2. The van der Waals surface area contributed by atoms with Crippen LogP contribution in [0, 0.1) is 0 Å². The lowest BCUT2D eigenvalue weighted by atomic mass is 10.2. The van der Waals surface area contributed by atoms with Crippen molar-refractivity contribution in [1.29, 1.82) is 0 Å². The molecule has 0 heterocycles. The highest BCUT2D eigenvalue weighted by molar-refractivity contribution is 5.87. The minimum absolute atomic E-state index is 0.189. The van der Waals surface area contributed by atoms with Crippen LogP contribution in [0.3, 0.4) is 0 Å². The number of ether oxygens (including phenoxy) is 2. The second-order valence-electron chi connectivity index (χ2n) is 3.99. The van der Waals surface area contributed by atoms with Crippen molar-refractivity contribution in [3.8, 4) is 5.75 Å². The Balaban J connectivity index is 2.67. The second-order valence-corrected chi connectivity index (χ2v) is 3.99. The van der Waals surface area contributed by atoms with Gasteiger partial charge in [-0.05, 0) is 44.0 Å². The highest BCUT2D eigenvalue weighted by Gasteiger charge is 2.01. The van der Waals surface area contributed by atoms with Gasteiger partial charge >= 0.3 is 5.97 Å². The third-order valence-corrected chi connectivity index (χ3v) is 2.47. The molecule has 0 radical (unpaired) electrons. The first kappa shape index (κ1) is 14.3. The van der Waals surface area contributed by atoms with Crippen molar-refractivity contribution in [1.82, 2.24) is 0 Å². The number of benzene rings is 1. The number of hydrogen-bond donors (Lipinski definition) is 0. The molecule has 1 rings (SSSR count). The number of hydrogen-bond acceptors (Lipinski definition) is 3. The molecule has 0 fully saturated rings. The molecular weight excluding hydrogens is 228 g/mol. The van der Waals surface area contributed by atoms with Gasteiger partial charge in [0.1, 0.15) is 5.75 Å². The van der Waals surface area contributed by atoms with Crippen LogP contribution in [0.15, 0.2) is 30.3 Å². The van der Waals surface area contributed by atoms with Crippen LogP contribution in [0.1, 0.15) is 32.8 Å². The maximum Gasteiger partial charge on any atom is 0.330 e. The Morgan fingerprint density at radius 1 is 1.39 bits per heavy atom. The highest BCUT2D eigenvalue weighted by Crippen LogP contribution is 2.16. The fraction of sp³-hybridized carbons (Fsp3) is 0.400. The van der Waals surface area contributed by atoms with Crippen LogP contribution in [0.25, 0.3) is 6.08 Å². The molecule has 0 aliphatic rings. The molecule has 0 aliphatic heterocycles. The molecule has 18 heavy (non-hydrogen) atoms.